The number of benzene rings is 2. The van der Waals surface area contributed by atoms with Gasteiger partial charge in [-0.25, -0.2) is 4.39 Å². The fourth-order valence-corrected chi connectivity index (χ4v) is 2.20. The molecule has 3 rings (SSSR count). The number of halogens is 2. The first-order valence-corrected chi connectivity index (χ1v) is 7.21. The smallest absolute Gasteiger partial charge is 0.225 e. The molecule has 0 saturated carbocycles. The molecule has 0 unspecified atom stereocenters. The van der Waals surface area contributed by atoms with E-state index < -0.39 is 0 Å². The Hall–Kier alpha value is -2.14. The summed E-state index contributed by atoms with van der Waals surface area (Å²) in [4.78, 5) is 0. The van der Waals surface area contributed by atoms with E-state index in [1.807, 2.05) is 24.3 Å². The van der Waals surface area contributed by atoms with Crippen molar-refractivity contribution < 1.29 is 8.91 Å². The van der Waals surface area contributed by atoms with E-state index in [1.165, 1.54) is 6.07 Å². The number of nitrogens with one attached hydrogen (secondary N) is 1. The number of nitrogens with zero attached hydrogens (tertiary/aromatic N) is 1. The fourth-order valence-electron chi connectivity index (χ4n) is 1.94. The summed E-state index contributed by atoms with van der Waals surface area (Å²) in [5.41, 5.74) is 2.28. The Kier molecular flexibility index (Phi) is 4.01. The molecule has 21 heavy (non-hydrogen) atoms. The van der Waals surface area contributed by atoms with Crippen LogP contribution in [0.15, 0.2) is 63.6 Å². The Balaban J connectivity index is 1.71. The number of hydrogen-bond acceptors (Lipinski definition) is 3. The van der Waals surface area contributed by atoms with Crippen LogP contribution in [0.25, 0.3) is 11.3 Å². The number of anilines is 1. The molecule has 0 aliphatic rings. The highest BCUT2D eigenvalue weighted by atomic mass is 79.9. The monoisotopic (exact) mass is 346 g/mol. The van der Waals surface area contributed by atoms with Crippen LogP contribution >= 0.6 is 15.9 Å². The fraction of sp³-hybridized carbons (Fsp3) is 0.0625. The molecule has 5 heteroatoms. The van der Waals surface area contributed by atoms with Gasteiger partial charge in [0.05, 0.1) is 0 Å². The van der Waals surface area contributed by atoms with Gasteiger partial charge in [0.15, 0.2) is 0 Å². The largest absolute Gasteiger partial charge is 0.350 e. The second-order valence-corrected chi connectivity index (χ2v) is 5.44. The highest BCUT2D eigenvalue weighted by Crippen LogP contribution is 2.23. The quantitative estimate of drug-likeness (QED) is 0.733. The molecule has 0 aliphatic heterocycles. The first kappa shape index (κ1) is 13.8. The van der Waals surface area contributed by atoms with Crippen LogP contribution in [0, 0.1) is 5.82 Å². The maximum absolute atomic E-state index is 13.5. The summed E-state index contributed by atoms with van der Waals surface area (Å²) in [6, 6.07) is 16.2. The molecule has 0 fully saturated rings. The molecule has 3 nitrogen and oxygen atoms in total. The third kappa shape index (κ3) is 3.31. The average Bonchev–Trinajstić information content (AvgIpc) is 2.96. The van der Waals surface area contributed by atoms with Crippen LogP contribution in [0.4, 0.5) is 10.3 Å². The third-order valence-electron chi connectivity index (χ3n) is 3.06. The molecule has 2 aromatic carbocycles. The van der Waals surface area contributed by atoms with Gasteiger partial charge in [-0.1, -0.05) is 51.4 Å². The zero-order chi connectivity index (χ0) is 14.7. The van der Waals surface area contributed by atoms with Gasteiger partial charge in [0, 0.05) is 28.2 Å². The van der Waals surface area contributed by atoms with Gasteiger partial charge in [0.25, 0.3) is 0 Å². The van der Waals surface area contributed by atoms with Crippen LogP contribution in [0.1, 0.15) is 5.56 Å². The van der Waals surface area contributed by atoms with Crippen molar-refractivity contribution in [3.05, 3.63) is 70.5 Å². The van der Waals surface area contributed by atoms with Crippen LogP contribution < -0.4 is 5.32 Å². The molecule has 0 aliphatic carbocycles. The Labute approximate surface area is 129 Å². The predicted molar refractivity (Wildman–Crippen MR) is 83.4 cm³/mol. The van der Waals surface area contributed by atoms with E-state index in [4.69, 9.17) is 4.52 Å². The zero-order valence-electron chi connectivity index (χ0n) is 11.0. The van der Waals surface area contributed by atoms with Crippen molar-refractivity contribution >= 4 is 21.8 Å². The standard InChI is InChI=1S/C16H12BrFN2O/c17-13-7-5-11(6-8-13)15-9-16(21-20-15)19-10-12-3-1-2-4-14(12)18/h1-9,19H,10H2. The zero-order valence-corrected chi connectivity index (χ0v) is 12.6. The van der Waals surface area contributed by atoms with Gasteiger partial charge in [0.1, 0.15) is 11.5 Å². The molecular weight excluding hydrogens is 335 g/mol. The lowest BCUT2D eigenvalue weighted by Crippen LogP contribution is -2.00. The SMILES string of the molecule is Fc1ccccc1CNc1cc(-c2ccc(Br)cc2)no1. The lowest BCUT2D eigenvalue weighted by Gasteiger charge is -2.02. The number of aromatic nitrogens is 1. The average molecular weight is 347 g/mol. The summed E-state index contributed by atoms with van der Waals surface area (Å²) >= 11 is 3.39. The summed E-state index contributed by atoms with van der Waals surface area (Å²) in [6.07, 6.45) is 0. The summed E-state index contributed by atoms with van der Waals surface area (Å²) in [5, 5.41) is 7.03. The molecule has 3 aromatic rings. The van der Waals surface area contributed by atoms with Crippen molar-refractivity contribution in [3.8, 4) is 11.3 Å². The van der Waals surface area contributed by atoms with Gasteiger partial charge < -0.3 is 9.84 Å². The first-order valence-electron chi connectivity index (χ1n) is 6.42. The number of rotatable bonds is 4. The van der Waals surface area contributed by atoms with Crippen LogP contribution in [-0.4, -0.2) is 5.16 Å². The van der Waals surface area contributed by atoms with Crippen molar-refractivity contribution in [1.29, 1.82) is 0 Å². The normalized spacial score (nSPS) is 10.6. The van der Waals surface area contributed by atoms with Gasteiger partial charge in [-0.05, 0) is 18.2 Å². The minimum absolute atomic E-state index is 0.238. The molecule has 1 aromatic heterocycles. The van der Waals surface area contributed by atoms with E-state index in [0.29, 0.717) is 18.0 Å². The third-order valence-corrected chi connectivity index (χ3v) is 3.59. The maximum atomic E-state index is 13.5. The Morgan fingerprint density at radius 2 is 1.86 bits per heavy atom. The molecule has 0 bridgehead atoms. The van der Waals surface area contributed by atoms with Gasteiger partial charge in [-0.2, -0.15) is 0 Å². The van der Waals surface area contributed by atoms with Gasteiger partial charge >= 0.3 is 0 Å². The van der Waals surface area contributed by atoms with Crippen molar-refractivity contribution in [3.63, 3.8) is 0 Å². The topological polar surface area (TPSA) is 38.1 Å². The van der Waals surface area contributed by atoms with Crippen molar-refractivity contribution in [2.45, 2.75) is 6.54 Å². The number of hydrogen-bond donors (Lipinski definition) is 1. The van der Waals surface area contributed by atoms with Crippen molar-refractivity contribution in [2.24, 2.45) is 0 Å². The highest BCUT2D eigenvalue weighted by molar-refractivity contribution is 9.10. The predicted octanol–water partition coefficient (Wildman–Crippen LogP) is 4.86. The van der Waals surface area contributed by atoms with E-state index in [1.54, 1.807) is 24.3 Å². The molecular formula is C16H12BrFN2O. The van der Waals surface area contributed by atoms with Gasteiger partial charge in [-0.3, -0.25) is 0 Å². The molecule has 0 spiro atoms. The van der Waals surface area contributed by atoms with Crippen LogP contribution in [0.5, 0.6) is 0 Å². The molecule has 106 valence electrons. The highest BCUT2D eigenvalue weighted by Gasteiger charge is 2.07. The Bertz CT molecular complexity index is 740. The van der Waals surface area contributed by atoms with Crippen LogP contribution in [0.2, 0.25) is 0 Å². The first-order chi connectivity index (χ1) is 10.2. The molecule has 1 N–H and O–H groups in total. The van der Waals surface area contributed by atoms with Gasteiger partial charge in [0.2, 0.25) is 5.88 Å². The molecule has 0 saturated heterocycles. The Morgan fingerprint density at radius 3 is 2.62 bits per heavy atom. The van der Waals surface area contributed by atoms with E-state index in [9.17, 15) is 4.39 Å². The van der Waals surface area contributed by atoms with Crippen molar-refractivity contribution in [2.75, 3.05) is 5.32 Å². The van der Waals surface area contributed by atoms with E-state index in [0.717, 1.165) is 15.7 Å². The summed E-state index contributed by atoms with van der Waals surface area (Å²) in [5.74, 6) is 0.272. The maximum Gasteiger partial charge on any atom is 0.225 e. The Morgan fingerprint density at radius 1 is 1.10 bits per heavy atom. The lowest BCUT2D eigenvalue weighted by molar-refractivity contribution is 0.434. The lowest BCUT2D eigenvalue weighted by atomic mass is 10.1. The molecule has 0 atom stereocenters. The minimum atomic E-state index is -0.238. The summed E-state index contributed by atoms with van der Waals surface area (Å²) in [6.45, 7) is 0.349. The second-order valence-electron chi connectivity index (χ2n) is 4.53. The second kappa shape index (κ2) is 6.10. The summed E-state index contributed by atoms with van der Waals surface area (Å²) < 4.78 is 19.7. The van der Waals surface area contributed by atoms with Crippen LogP contribution in [-0.2, 0) is 6.54 Å². The van der Waals surface area contributed by atoms with Gasteiger partial charge in [-0.15, -0.1) is 0 Å². The van der Waals surface area contributed by atoms with Crippen molar-refractivity contribution in [1.82, 2.24) is 5.16 Å². The molecule has 1 heterocycles. The minimum Gasteiger partial charge on any atom is -0.350 e. The van der Waals surface area contributed by atoms with Crippen LogP contribution in [0.3, 0.4) is 0 Å². The molecule has 0 radical (unpaired) electrons. The summed E-state index contributed by atoms with van der Waals surface area (Å²) in [7, 11) is 0. The van der Waals surface area contributed by atoms with E-state index in [2.05, 4.69) is 26.4 Å². The molecule has 0 amide bonds. The van der Waals surface area contributed by atoms with E-state index in [-0.39, 0.29) is 5.82 Å². The van der Waals surface area contributed by atoms with E-state index >= 15 is 0 Å².